The summed E-state index contributed by atoms with van der Waals surface area (Å²) in [5.41, 5.74) is 0.340. The Labute approximate surface area is 56.4 Å². The predicted octanol–water partition coefficient (Wildman–Crippen LogP) is 2.01. The molecule has 0 aromatic rings. The van der Waals surface area contributed by atoms with Crippen LogP contribution < -0.4 is 0 Å². The summed E-state index contributed by atoms with van der Waals surface area (Å²) in [4.78, 5) is 11.0. The van der Waals surface area contributed by atoms with E-state index in [4.69, 9.17) is 0 Å². The highest BCUT2D eigenvalue weighted by molar-refractivity contribution is 5.84. The lowest BCUT2D eigenvalue weighted by atomic mass is 10.1. The minimum Gasteiger partial charge on any atom is -0.299 e. The van der Waals surface area contributed by atoms with Crippen LogP contribution in [0.3, 0.4) is 0 Å². The average Bonchev–Trinajstić information content (AvgIpc) is 2.38. The summed E-state index contributed by atoms with van der Waals surface area (Å²) in [5.74, 6) is 0.836. The zero-order valence-corrected chi connectivity index (χ0v) is 6.40. The van der Waals surface area contributed by atoms with Crippen molar-refractivity contribution in [1.82, 2.24) is 0 Å². The molecule has 0 spiro atoms. The van der Waals surface area contributed by atoms with E-state index >= 15 is 0 Å². The van der Waals surface area contributed by atoms with Crippen LogP contribution in [0.4, 0.5) is 0 Å². The van der Waals surface area contributed by atoms with Crippen LogP contribution in [0.5, 0.6) is 0 Å². The van der Waals surface area contributed by atoms with E-state index in [1.165, 1.54) is 0 Å². The van der Waals surface area contributed by atoms with Gasteiger partial charge in [-0.3, -0.25) is 4.79 Å². The SMILES string of the molecule is CCC(=O)[C@H]1CC1(C)C. The van der Waals surface area contributed by atoms with Gasteiger partial charge in [0, 0.05) is 12.3 Å². The molecule has 0 amide bonds. The highest BCUT2D eigenvalue weighted by atomic mass is 16.1. The van der Waals surface area contributed by atoms with Crippen LogP contribution in [0, 0.1) is 11.3 Å². The lowest BCUT2D eigenvalue weighted by molar-refractivity contribution is -0.120. The Morgan fingerprint density at radius 2 is 2.11 bits per heavy atom. The smallest absolute Gasteiger partial charge is 0.136 e. The Balaban J connectivity index is 2.42. The van der Waals surface area contributed by atoms with E-state index in [9.17, 15) is 4.79 Å². The number of hydrogen-bond acceptors (Lipinski definition) is 1. The number of carbonyl (C=O) groups is 1. The third-order valence-electron chi connectivity index (χ3n) is 2.25. The Morgan fingerprint density at radius 3 is 2.22 bits per heavy atom. The van der Waals surface area contributed by atoms with Crippen molar-refractivity contribution in [2.24, 2.45) is 11.3 Å². The molecular formula is C8H14O. The first-order valence-corrected chi connectivity index (χ1v) is 3.60. The van der Waals surface area contributed by atoms with E-state index in [-0.39, 0.29) is 0 Å². The first-order valence-electron chi connectivity index (χ1n) is 3.60. The molecule has 1 saturated carbocycles. The lowest BCUT2D eigenvalue weighted by Gasteiger charge is -1.98. The first kappa shape index (κ1) is 6.79. The van der Waals surface area contributed by atoms with E-state index in [1.807, 2.05) is 6.92 Å². The predicted molar refractivity (Wildman–Crippen MR) is 37.2 cm³/mol. The molecule has 52 valence electrons. The Morgan fingerprint density at radius 1 is 1.67 bits per heavy atom. The van der Waals surface area contributed by atoms with Crippen molar-refractivity contribution < 1.29 is 4.79 Å². The number of hydrogen-bond donors (Lipinski definition) is 0. The molecule has 0 bridgehead atoms. The second kappa shape index (κ2) is 1.83. The fraction of sp³-hybridized carbons (Fsp3) is 0.875. The number of ketones is 1. The summed E-state index contributed by atoms with van der Waals surface area (Å²) >= 11 is 0. The Kier molecular flexibility index (Phi) is 1.38. The third-order valence-corrected chi connectivity index (χ3v) is 2.25. The summed E-state index contributed by atoms with van der Waals surface area (Å²) in [5, 5.41) is 0. The van der Waals surface area contributed by atoms with Crippen molar-refractivity contribution in [2.45, 2.75) is 33.6 Å². The fourth-order valence-corrected chi connectivity index (χ4v) is 1.26. The molecule has 0 aromatic heterocycles. The van der Waals surface area contributed by atoms with E-state index in [2.05, 4.69) is 13.8 Å². The minimum atomic E-state index is 0.340. The van der Waals surface area contributed by atoms with Gasteiger partial charge >= 0.3 is 0 Å². The molecule has 1 nitrogen and oxygen atoms in total. The molecule has 0 N–H and O–H groups in total. The van der Waals surface area contributed by atoms with Gasteiger partial charge in [0.25, 0.3) is 0 Å². The summed E-state index contributed by atoms with van der Waals surface area (Å²) in [6.45, 7) is 6.26. The van der Waals surface area contributed by atoms with Crippen LogP contribution in [0.25, 0.3) is 0 Å². The second-order valence-electron chi connectivity index (χ2n) is 3.57. The monoisotopic (exact) mass is 126 g/mol. The van der Waals surface area contributed by atoms with Crippen molar-refractivity contribution in [3.8, 4) is 0 Å². The van der Waals surface area contributed by atoms with Crippen molar-refractivity contribution in [1.29, 1.82) is 0 Å². The van der Waals surface area contributed by atoms with E-state index in [0.29, 0.717) is 23.5 Å². The standard InChI is InChI=1S/C8H14O/c1-4-7(9)6-5-8(6,2)3/h6H,4-5H2,1-3H3/t6-/m1/s1. The molecule has 0 unspecified atom stereocenters. The lowest BCUT2D eigenvalue weighted by Crippen LogP contribution is -2.03. The maximum atomic E-state index is 11.0. The van der Waals surface area contributed by atoms with E-state index < -0.39 is 0 Å². The Hall–Kier alpha value is -0.330. The van der Waals surface area contributed by atoms with Crippen molar-refractivity contribution in [3.05, 3.63) is 0 Å². The summed E-state index contributed by atoms with van der Waals surface area (Å²) in [6.07, 6.45) is 1.83. The van der Waals surface area contributed by atoms with Gasteiger partial charge in [0.15, 0.2) is 0 Å². The zero-order chi connectivity index (χ0) is 7.07. The summed E-state index contributed by atoms with van der Waals surface area (Å²) < 4.78 is 0. The quantitative estimate of drug-likeness (QED) is 0.553. The van der Waals surface area contributed by atoms with Crippen LogP contribution in [0.2, 0.25) is 0 Å². The van der Waals surface area contributed by atoms with Gasteiger partial charge < -0.3 is 0 Å². The molecule has 1 rings (SSSR count). The van der Waals surface area contributed by atoms with Crippen LogP contribution in [0.1, 0.15) is 33.6 Å². The highest BCUT2D eigenvalue weighted by Gasteiger charge is 2.49. The van der Waals surface area contributed by atoms with Gasteiger partial charge in [-0.15, -0.1) is 0 Å². The Bertz CT molecular complexity index is 136. The normalized spacial score (nSPS) is 29.9. The average molecular weight is 126 g/mol. The maximum Gasteiger partial charge on any atom is 0.136 e. The van der Waals surface area contributed by atoms with Crippen molar-refractivity contribution in [3.63, 3.8) is 0 Å². The van der Waals surface area contributed by atoms with Gasteiger partial charge in [0.1, 0.15) is 5.78 Å². The molecule has 0 aliphatic heterocycles. The van der Waals surface area contributed by atoms with Gasteiger partial charge in [-0.1, -0.05) is 20.8 Å². The van der Waals surface area contributed by atoms with Crippen LogP contribution in [-0.2, 0) is 4.79 Å². The third kappa shape index (κ3) is 1.15. The molecule has 1 aliphatic rings. The van der Waals surface area contributed by atoms with Gasteiger partial charge in [-0.05, 0) is 11.8 Å². The molecule has 1 aliphatic carbocycles. The second-order valence-corrected chi connectivity index (χ2v) is 3.57. The first-order chi connectivity index (χ1) is 4.08. The zero-order valence-electron chi connectivity index (χ0n) is 6.40. The highest BCUT2D eigenvalue weighted by Crippen LogP contribution is 2.52. The molecule has 1 heteroatoms. The number of rotatable bonds is 2. The van der Waals surface area contributed by atoms with E-state index in [0.717, 1.165) is 6.42 Å². The number of Topliss-reactive ketones (excluding diaryl/α,β-unsaturated/α-hetero) is 1. The van der Waals surface area contributed by atoms with E-state index in [1.54, 1.807) is 0 Å². The topological polar surface area (TPSA) is 17.1 Å². The summed E-state index contributed by atoms with van der Waals surface area (Å²) in [6, 6.07) is 0. The fourth-order valence-electron chi connectivity index (χ4n) is 1.26. The van der Waals surface area contributed by atoms with Crippen molar-refractivity contribution >= 4 is 5.78 Å². The molecule has 0 aromatic carbocycles. The van der Waals surface area contributed by atoms with Crippen LogP contribution >= 0.6 is 0 Å². The largest absolute Gasteiger partial charge is 0.299 e. The number of carbonyl (C=O) groups excluding carboxylic acids is 1. The minimum absolute atomic E-state index is 0.340. The van der Waals surface area contributed by atoms with Gasteiger partial charge in [-0.2, -0.15) is 0 Å². The van der Waals surface area contributed by atoms with Gasteiger partial charge in [-0.25, -0.2) is 0 Å². The molecule has 9 heavy (non-hydrogen) atoms. The van der Waals surface area contributed by atoms with Crippen LogP contribution in [-0.4, -0.2) is 5.78 Å². The molecule has 1 fully saturated rings. The molecule has 0 saturated heterocycles. The summed E-state index contributed by atoms with van der Waals surface area (Å²) in [7, 11) is 0. The molecular weight excluding hydrogens is 112 g/mol. The maximum absolute atomic E-state index is 11.0. The molecule has 0 radical (unpaired) electrons. The van der Waals surface area contributed by atoms with Gasteiger partial charge in [0.2, 0.25) is 0 Å². The van der Waals surface area contributed by atoms with Crippen LogP contribution in [0.15, 0.2) is 0 Å². The molecule has 1 atom stereocenters. The van der Waals surface area contributed by atoms with Crippen molar-refractivity contribution in [2.75, 3.05) is 0 Å². The molecule has 0 heterocycles. The van der Waals surface area contributed by atoms with Gasteiger partial charge in [0.05, 0.1) is 0 Å².